The van der Waals surface area contributed by atoms with Crippen LogP contribution in [0, 0.1) is 0 Å². The van der Waals surface area contributed by atoms with Crippen LogP contribution in [0.1, 0.15) is 31.0 Å². The standard InChI is InChI=1S/C16H20N2O2/c1-12(15-8-9-20-11-15)17-16-7-5-4-6-14(16)10-18(3)13(2)19/h4-9,11-12,17H,10H2,1-3H3. The number of anilines is 1. The fourth-order valence-electron chi connectivity index (χ4n) is 2.00. The lowest BCUT2D eigenvalue weighted by Gasteiger charge is -2.20. The second kappa shape index (κ2) is 6.28. The van der Waals surface area contributed by atoms with Gasteiger partial charge in [0, 0.05) is 31.8 Å². The minimum atomic E-state index is 0.0580. The Kier molecular flexibility index (Phi) is 4.45. The minimum absolute atomic E-state index is 0.0580. The van der Waals surface area contributed by atoms with Gasteiger partial charge in [0.1, 0.15) is 0 Å². The molecule has 0 fully saturated rings. The summed E-state index contributed by atoms with van der Waals surface area (Å²) in [7, 11) is 1.80. The van der Waals surface area contributed by atoms with E-state index in [1.807, 2.05) is 30.3 Å². The van der Waals surface area contributed by atoms with Crippen molar-refractivity contribution >= 4 is 11.6 Å². The van der Waals surface area contributed by atoms with E-state index >= 15 is 0 Å². The molecule has 106 valence electrons. The summed E-state index contributed by atoms with van der Waals surface area (Å²) in [5.41, 5.74) is 3.23. The number of hydrogen-bond acceptors (Lipinski definition) is 3. The average Bonchev–Trinajstić information content (AvgIpc) is 2.94. The first kappa shape index (κ1) is 14.2. The molecule has 1 N–H and O–H groups in total. The van der Waals surface area contributed by atoms with E-state index in [4.69, 9.17) is 4.42 Å². The Morgan fingerprint density at radius 3 is 2.75 bits per heavy atom. The summed E-state index contributed by atoms with van der Waals surface area (Å²) in [6.07, 6.45) is 3.41. The fraction of sp³-hybridized carbons (Fsp3) is 0.312. The Balaban J connectivity index is 2.13. The van der Waals surface area contributed by atoms with Gasteiger partial charge in [-0.3, -0.25) is 4.79 Å². The molecule has 0 aliphatic heterocycles. The zero-order chi connectivity index (χ0) is 14.5. The largest absolute Gasteiger partial charge is 0.472 e. The zero-order valence-electron chi connectivity index (χ0n) is 12.1. The van der Waals surface area contributed by atoms with Crippen LogP contribution in [0.4, 0.5) is 5.69 Å². The highest BCUT2D eigenvalue weighted by atomic mass is 16.3. The molecule has 20 heavy (non-hydrogen) atoms. The third kappa shape index (κ3) is 3.41. The van der Waals surface area contributed by atoms with Crippen LogP contribution in [0.5, 0.6) is 0 Å². The van der Waals surface area contributed by atoms with Crippen molar-refractivity contribution in [3.8, 4) is 0 Å². The lowest BCUT2D eigenvalue weighted by molar-refractivity contribution is -0.128. The topological polar surface area (TPSA) is 45.5 Å². The highest BCUT2D eigenvalue weighted by Gasteiger charge is 2.11. The molecule has 0 spiro atoms. The maximum atomic E-state index is 11.4. The monoisotopic (exact) mass is 272 g/mol. The molecule has 4 nitrogen and oxygen atoms in total. The first-order valence-corrected chi connectivity index (χ1v) is 6.66. The van der Waals surface area contributed by atoms with Gasteiger partial charge in [-0.05, 0) is 24.6 Å². The smallest absolute Gasteiger partial charge is 0.219 e. The van der Waals surface area contributed by atoms with Gasteiger partial charge in [-0.2, -0.15) is 0 Å². The number of furan rings is 1. The van der Waals surface area contributed by atoms with E-state index in [1.54, 1.807) is 31.4 Å². The molecule has 0 saturated carbocycles. The molecule has 0 bridgehead atoms. The summed E-state index contributed by atoms with van der Waals surface area (Å²) in [4.78, 5) is 13.1. The second-order valence-electron chi connectivity index (χ2n) is 4.95. The van der Waals surface area contributed by atoms with Gasteiger partial charge >= 0.3 is 0 Å². The number of carbonyl (C=O) groups excluding carboxylic acids is 1. The van der Waals surface area contributed by atoms with Gasteiger partial charge < -0.3 is 14.6 Å². The molecule has 1 atom stereocenters. The van der Waals surface area contributed by atoms with E-state index in [9.17, 15) is 4.79 Å². The van der Waals surface area contributed by atoms with E-state index in [0.29, 0.717) is 6.54 Å². The van der Waals surface area contributed by atoms with E-state index in [1.165, 1.54) is 0 Å². The average molecular weight is 272 g/mol. The highest BCUT2D eigenvalue weighted by molar-refractivity contribution is 5.73. The zero-order valence-corrected chi connectivity index (χ0v) is 12.1. The SMILES string of the molecule is CC(=O)N(C)Cc1ccccc1NC(C)c1ccoc1. The van der Waals surface area contributed by atoms with Crippen LogP contribution in [0.2, 0.25) is 0 Å². The van der Waals surface area contributed by atoms with Crippen LogP contribution >= 0.6 is 0 Å². The number of para-hydroxylation sites is 1. The van der Waals surface area contributed by atoms with Crippen LogP contribution in [0.25, 0.3) is 0 Å². The van der Waals surface area contributed by atoms with Crippen molar-refractivity contribution in [2.24, 2.45) is 0 Å². The van der Waals surface area contributed by atoms with E-state index in [0.717, 1.165) is 16.8 Å². The van der Waals surface area contributed by atoms with Crippen LogP contribution in [-0.4, -0.2) is 17.9 Å². The number of rotatable bonds is 5. The number of benzene rings is 1. The van der Waals surface area contributed by atoms with Gasteiger partial charge in [-0.1, -0.05) is 18.2 Å². The van der Waals surface area contributed by atoms with E-state index in [2.05, 4.69) is 12.2 Å². The maximum Gasteiger partial charge on any atom is 0.219 e. The third-order valence-corrected chi connectivity index (χ3v) is 3.38. The van der Waals surface area contributed by atoms with Gasteiger partial charge in [-0.15, -0.1) is 0 Å². The number of carbonyl (C=O) groups is 1. The van der Waals surface area contributed by atoms with Crippen LogP contribution in [0.15, 0.2) is 47.3 Å². The Morgan fingerprint density at radius 2 is 2.10 bits per heavy atom. The summed E-state index contributed by atoms with van der Waals surface area (Å²) in [5, 5.41) is 3.46. The Hall–Kier alpha value is -2.23. The summed E-state index contributed by atoms with van der Waals surface area (Å²) in [6, 6.07) is 10.1. The van der Waals surface area contributed by atoms with Crippen molar-refractivity contribution in [1.82, 2.24) is 4.90 Å². The van der Waals surface area contributed by atoms with Crippen LogP contribution in [-0.2, 0) is 11.3 Å². The molecule has 1 aromatic heterocycles. The van der Waals surface area contributed by atoms with Crippen molar-refractivity contribution in [2.75, 3.05) is 12.4 Å². The molecular formula is C16H20N2O2. The van der Waals surface area contributed by atoms with Crippen molar-refractivity contribution in [3.63, 3.8) is 0 Å². The molecule has 4 heteroatoms. The van der Waals surface area contributed by atoms with Crippen molar-refractivity contribution in [2.45, 2.75) is 26.4 Å². The summed E-state index contributed by atoms with van der Waals surface area (Å²) in [6.45, 7) is 4.25. The minimum Gasteiger partial charge on any atom is -0.472 e. The Labute approximate surface area is 119 Å². The summed E-state index contributed by atoms with van der Waals surface area (Å²) >= 11 is 0. The quantitative estimate of drug-likeness (QED) is 0.907. The van der Waals surface area contributed by atoms with E-state index < -0.39 is 0 Å². The molecule has 1 unspecified atom stereocenters. The number of nitrogens with one attached hydrogen (secondary N) is 1. The first-order chi connectivity index (χ1) is 9.58. The molecule has 0 aliphatic carbocycles. The molecule has 2 rings (SSSR count). The number of amides is 1. The van der Waals surface area contributed by atoms with Gasteiger partial charge in [0.2, 0.25) is 5.91 Å². The number of nitrogens with zero attached hydrogens (tertiary/aromatic N) is 1. The lowest BCUT2D eigenvalue weighted by Crippen LogP contribution is -2.23. The molecule has 1 heterocycles. The van der Waals surface area contributed by atoms with Crippen molar-refractivity contribution in [3.05, 3.63) is 54.0 Å². The summed E-state index contributed by atoms with van der Waals surface area (Å²) in [5.74, 6) is 0.0580. The molecule has 0 saturated heterocycles. The summed E-state index contributed by atoms with van der Waals surface area (Å²) < 4.78 is 5.11. The molecule has 1 amide bonds. The number of hydrogen-bond donors (Lipinski definition) is 1. The van der Waals surface area contributed by atoms with Crippen molar-refractivity contribution < 1.29 is 9.21 Å². The van der Waals surface area contributed by atoms with Gasteiger partial charge in [0.25, 0.3) is 0 Å². The van der Waals surface area contributed by atoms with Gasteiger partial charge in [-0.25, -0.2) is 0 Å². The molecular weight excluding hydrogens is 252 g/mol. The van der Waals surface area contributed by atoms with Gasteiger partial charge in [0.15, 0.2) is 0 Å². The van der Waals surface area contributed by atoms with E-state index in [-0.39, 0.29) is 11.9 Å². The molecule has 2 aromatic rings. The Morgan fingerprint density at radius 1 is 1.35 bits per heavy atom. The highest BCUT2D eigenvalue weighted by Crippen LogP contribution is 2.23. The molecule has 0 radical (unpaired) electrons. The predicted molar refractivity (Wildman–Crippen MR) is 79.3 cm³/mol. The molecule has 1 aromatic carbocycles. The first-order valence-electron chi connectivity index (χ1n) is 6.66. The normalized spacial score (nSPS) is 11.9. The second-order valence-corrected chi connectivity index (χ2v) is 4.95. The van der Waals surface area contributed by atoms with Gasteiger partial charge in [0.05, 0.1) is 18.6 Å². The van der Waals surface area contributed by atoms with Crippen LogP contribution < -0.4 is 5.32 Å². The Bertz CT molecular complexity index is 564. The predicted octanol–water partition coefficient (Wildman–Crippen LogP) is 3.43. The third-order valence-electron chi connectivity index (χ3n) is 3.38. The van der Waals surface area contributed by atoms with Crippen LogP contribution in [0.3, 0.4) is 0 Å². The molecule has 0 aliphatic rings. The van der Waals surface area contributed by atoms with Crippen molar-refractivity contribution in [1.29, 1.82) is 0 Å². The fourth-order valence-corrected chi connectivity index (χ4v) is 2.00. The lowest BCUT2D eigenvalue weighted by atomic mass is 10.1. The maximum absolute atomic E-state index is 11.4.